The Labute approximate surface area is 168 Å². The molecule has 4 rings (SSSR count). The quantitative estimate of drug-likeness (QED) is 0.488. The van der Waals surface area contributed by atoms with Crippen molar-refractivity contribution in [2.45, 2.75) is 13.0 Å². The monoisotopic (exact) mass is 384 g/mol. The summed E-state index contributed by atoms with van der Waals surface area (Å²) in [6.07, 6.45) is 1.57. The Kier molecular flexibility index (Phi) is 4.96. The van der Waals surface area contributed by atoms with E-state index in [0.717, 1.165) is 16.5 Å². The molecule has 5 heteroatoms. The molecular formula is C24H20N2O3. The zero-order valence-corrected chi connectivity index (χ0v) is 16.2. The van der Waals surface area contributed by atoms with Gasteiger partial charge in [0.05, 0.1) is 24.9 Å². The number of hydrogen-bond donors (Lipinski definition) is 0. The molecule has 0 saturated heterocycles. The van der Waals surface area contributed by atoms with Gasteiger partial charge in [0.25, 0.3) is 5.56 Å². The van der Waals surface area contributed by atoms with E-state index in [4.69, 9.17) is 4.74 Å². The van der Waals surface area contributed by atoms with E-state index >= 15 is 0 Å². The Balaban J connectivity index is 2.03. The van der Waals surface area contributed by atoms with Crippen molar-refractivity contribution in [3.05, 3.63) is 101 Å². The van der Waals surface area contributed by atoms with E-state index in [1.54, 1.807) is 16.8 Å². The van der Waals surface area contributed by atoms with Crippen LogP contribution < -0.4 is 5.56 Å². The number of rotatable bonds is 4. The van der Waals surface area contributed by atoms with Gasteiger partial charge in [0.15, 0.2) is 0 Å². The number of carbonyl (C=O) groups is 1. The Hall–Kier alpha value is -3.73. The minimum absolute atomic E-state index is 0.104. The second-order valence-corrected chi connectivity index (χ2v) is 6.81. The average molecular weight is 384 g/mol. The van der Waals surface area contributed by atoms with Crippen molar-refractivity contribution in [3.8, 4) is 11.1 Å². The van der Waals surface area contributed by atoms with Crippen molar-refractivity contribution in [1.29, 1.82) is 0 Å². The van der Waals surface area contributed by atoms with Gasteiger partial charge in [-0.05, 0) is 30.2 Å². The molecule has 0 bridgehead atoms. The molecule has 1 atom stereocenters. The minimum atomic E-state index is -0.512. The van der Waals surface area contributed by atoms with Crippen LogP contribution in [0.4, 0.5) is 0 Å². The third kappa shape index (κ3) is 3.43. The average Bonchev–Trinajstić information content (AvgIpc) is 2.78. The normalized spacial score (nSPS) is 11.9. The van der Waals surface area contributed by atoms with Crippen LogP contribution in [-0.2, 0) is 4.74 Å². The van der Waals surface area contributed by atoms with E-state index in [-0.39, 0.29) is 17.3 Å². The molecule has 144 valence electrons. The number of aromatic nitrogens is 2. The van der Waals surface area contributed by atoms with Gasteiger partial charge < -0.3 is 4.74 Å². The van der Waals surface area contributed by atoms with Gasteiger partial charge >= 0.3 is 5.97 Å². The summed E-state index contributed by atoms with van der Waals surface area (Å²) in [6, 6.07) is 22.6. The van der Waals surface area contributed by atoms with Crippen LogP contribution in [0.15, 0.2) is 83.8 Å². The SMILES string of the molecule is COC(=O)c1cc2cc(-c3ccccc3)c(=O)n(C(C)c3ccccc3)c2cn1. The summed E-state index contributed by atoms with van der Waals surface area (Å²) in [7, 11) is 1.32. The van der Waals surface area contributed by atoms with Crippen LogP contribution in [0.1, 0.15) is 29.0 Å². The highest BCUT2D eigenvalue weighted by Gasteiger charge is 2.18. The number of ether oxygens (including phenoxy) is 1. The van der Waals surface area contributed by atoms with Gasteiger partial charge in [-0.3, -0.25) is 9.36 Å². The summed E-state index contributed by atoms with van der Waals surface area (Å²) in [5.41, 5.74) is 3.17. The fourth-order valence-electron chi connectivity index (χ4n) is 3.54. The van der Waals surface area contributed by atoms with Crippen LogP contribution in [0.5, 0.6) is 0 Å². The maximum atomic E-state index is 13.5. The number of nitrogens with zero attached hydrogens (tertiary/aromatic N) is 2. The van der Waals surface area contributed by atoms with Gasteiger partial charge in [-0.1, -0.05) is 60.7 Å². The second-order valence-electron chi connectivity index (χ2n) is 6.81. The lowest BCUT2D eigenvalue weighted by Crippen LogP contribution is -2.26. The Bertz CT molecular complexity index is 1230. The fourth-order valence-corrected chi connectivity index (χ4v) is 3.54. The molecule has 1 unspecified atom stereocenters. The van der Waals surface area contributed by atoms with E-state index in [0.29, 0.717) is 11.1 Å². The minimum Gasteiger partial charge on any atom is -0.464 e. The van der Waals surface area contributed by atoms with E-state index in [1.165, 1.54) is 7.11 Å². The lowest BCUT2D eigenvalue weighted by atomic mass is 10.0. The summed E-state index contributed by atoms with van der Waals surface area (Å²) < 4.78 is 6.54. The molecule has 29 heavy (non-hydrogen) atoms. The highest BCUT2D eigenvalue weighted by atomic mass is 16.5. The molecule has 0 amide bonds. The van der Waals surface area contributed by atoms with Gasteiger partial charge in [0.1, 0.15) is 5.69 Å². The largest absolute Gasteiger partial charge is 0.464 e. The molecule has 0 fully saturated rings. The smallest absolute Gasteiger partial charge is 0.356 e. The summed E-state index contributed by atoms with van der Waals surface area (Å²) in [5.74, 6) is -0.512. The Morgan fingerprint density at radius 2 is 1.66 bits per heavy atom. The zero-order chi connectivity index (χ0) is 20.4. The Morgan fingerprint density at radius 3 is 2.31 bits per heavy atom. The molecule has 2 aromatic heterocycles. The van der Waals surface area contributed by atoms with Crippen molar-refractivity contribution in [1.82, 2.24) is 9.55 Å². The number of pyridine rings is 2. The zero-order valence-electron chi connectivity index (χ0n) is 16.2. The molecule has 0 aliphatic carbocycles. The van der Waals surface area contributed by atoms with Gasteiger partial charge in [-0.2, -0.15) is 0 Å². The summed E-state index contributed by atoms with van der Waals surface area (Å²) in [6.45, 7) is 1.99. The molecule has 0 aliphatic heterocycles. The molecular weight excluding hydrogens is 364 g/mol. The summed E-state index contributed by atoms with van der Waals surface area (Å²) >= 11 is 0. The van der Waals surface area contributed by atoms with Gasteiger partial charge in [0, 0.05) is 10.9 Å². The first-order valence-corrected chi connectivity index (χ1v) is 9.34. The van der Waals surface area contributed by atoms with E-state index in [2.05, 4.69) is 4.98 Å². The molecule has 0 saturated carbocycles. The number of fused-ring (bicyclic) bond motifs is 1. The highest BCUT2D eigenvalue weighted by Crippen LogP contribution is 2.26. The lowest BCUT2D eigenvalue weighted by Gasteiger charge is -2.20. The lowest BCUT2D eigenvalue weighted by molar-refractivity contribution is 0.0594. The molecule has 0 radical (unpaired) electrons. The van der Waals surface area contributed by atoms with Crippen LogP contribution in [-0.4, -0.2) is 22.6 Å². The number of esters is 1. The first kappa shape index (κ1) is 18.6. The molecule has 5 nitrogen and oxygen atoms in total. The van der Waals surface area contributed by atoms with Gasteiger partial charge in [-0.25, -0.2) is 9.78 Å². The van der Waals surface area contributed by atoms with Crippen LogP contribution in [0.2, 0.25) is 0 Å². The molecule has 0 aliphatic rings. The van der Waals surface area contributed by atoms with Crippen LogP contribution >= 0.6 is 0 Å². The number of hydrogen-bond acceptors (Lipinski definition) is 4. The van der Waals surface area contributed by atoms with Gasteiger partial charge in [0.2, 0.25) is 0 Å². The maximum absolute atomic E-state index is 13.5. The van der Waals surface area contributed by atoms with Crippen molar-refractivity contribution < 1.29 is 9.53 Å². The molecule has 0 N–H and O–H groups in total. The predicted molar refractivity (Wildman–Crippen MR) is 113 cm³/mol. The third-order valence-corrected chi connectivity index (χ3v) is 5.07. The third-order valence-electron chi connectivity index (χ3n) is 5.07. The summed E-state index contributed by atoms with van der Waals surface area (Å²) in [4.78, 5) is 29.7. The molecule has 2 aromatic carbocycles. The molecule has 2 heterocycles. The van der Waals surface area contributed by atoms with Crippen LogP contribution in [0.3, 0.4) is 0 Å². The van der Waals surface area contributed by atoms with E-state index < -0.39 is 5.97 Å². The van der Waals surface area contributed by atoms with E-state index in [1.807, 2.05) is 73.7 Å². The first-order valence-electron chi connectivity index (χ1n) is 9.34. The predicted octanol–water partition coefficient (Wildman–Crippen LogP) is 4.46. The maximum Gasteiger partial charge on any atom is 0.356 e. The van der Waals surface area contributed by atoms with Crippen molar-refractivity contribution in [3.63, 3.8) is 0 Å². The van der Waals surface area contributed by atoms with Crippen molar-refractivity contribution in [2.24, 2.45) is 0 Å². The first-order chi connectivity index (χ1) is 14.1. The van der Waals surface area contributed by atoms with Crippen LogP contribution in [0.25, 0.3) is 22.0 Å². The van der Waals surface area contributed by atoms with E-state index in [9.17, 15) is 9.59 Å². The van der Waals surface area contributed by atoms with Gasteiger partial charge in [-0.15, -0.1) is 0 Å². The number of benzene rings is 2. The number of methoxy groups -OCH3 is 1. The molecule has 0 spiro atoms. The number of carbonyl (C=O) groups excluding carboxylic acids is 1. The topological polar surface area (TPSA) is 61.2 Å². The standard InChI is InChI=1S/C24H20N2O3/c1-16(17-9-5-3-6-10-17)26-22-15-25-21(24(28)29-2)14-19(22)13-20(23(26)27)18-11-7-4-8-12-18/h3-16H,1-2H3. The summed E-state index contributed by atoms with van der Waals surface area (Å²) in [5, 5.41) is 0.752. The van der Waals surface area contributed by atoms with Crippen molar-refractivity contribution in [2.75, 3.05) is 7.11 Å². The second kappa shape index (κ2) is 7.72. The van der Waals surface area contributed by atoms with Crippen molar-refractivity contribution >= 4 is 16.9 Å². The fraction of sp³-hybridized carbons (Fsp3) is 0.125. The highest BCUT2D eigenvalue weighted by molar-refractivity contribution is 5.93. The van der Waals surface area contributed by atoms with Crippen LogP contribution in [0, 0.1) is 0 Å². The Morgan fingerprint density at radius 1 is 1.00 bits per heavy atom. The molecule has 4 aromatic rings.